The third-order valence-electron chi connectivity index (χ3n) is 4.85. The first-order valence-corrected chi connectivity index (χ1v) is 9.31. The Morgan fingerprint density at radius 3 is 2.84 bits per heavy atom. The molecule has 3 rings (SSSR count). The van der Waals surface area contributed by atoms with Gasteiger partial charge in [-0.15, -0.1) is 0 Å². The van der Waals surface area contributed by atoms with Crippen LogP contribution in [0.25, 0.3) is 0 Å². The van der Waals surface area contributed by atoms with Crippen LogP contribution in [0.15, 0.2) is 54.1 Å². The maximum Gasteiger partial charge on any atom is 0.141 e. The highest BCUT2D eigenvalue weighted by Crippen LogP contribution is 2.30. The van der Waals surface area contributed by atoms with Crippen LogP contribution in [0.5, 0.6) is 0 Å². The quantitative estimate of drug-likeness (QED) is 0.811. The van der Waals surface area contributed by atoms with E-state index in [9.17, 15) is 0 Å². The van der Waals surface area contributed by atoms with Crippen molar-refractivity contribution in [2.75, 3.05) is 16.8 Å². The molecule has 1 aliphatic carbocycles. The Labute approximate surface area is 151 Å². The molecule has 1 N–H and O–H groups in total. The lowest BCUT2D eigenvalue weighted by Crippen LogP contribution is -2.26. The lowest BCUT2D eigenvalue weighted by atomic mass is 9.96. The predicted octanol–water partition coefficient (Wildman–Crippen LogP) is 4.79. The molecule has 4 heteroatoms. The topological polar surface area (TPSA) is 41.1 Å². The van der Waals surface area contributed by atoms with E-state index in [0.717, 1.165) is 43.9 Å². The summed E-state index contributed by atoms with van der Waals surface area (Å²) >= 11 is 0. The summed E-state index contributed by atoms with van der Waals surface area (Å²) in [7, 11) is 0. The summed E-state index contributed by atoms with van der Waals surface area (Å²) in [5, 5.41) is 3.73. The molecule has 0 saturated heterocycles. The lowest BCUT2D eigenvalue weighted by molar-refractivity contribution is 0.708. The zero-order valence-electron chi connectivity index (χ0n) is 15.5. The molecule has 25 heavy (non-hydrogen) atoms. The van der Waals surface area contributed by atoms with E-state index in [0.29, 0.717) is 0 Å². The van der Waals surface area contributed by atoms with Crippen molar-refractivity contribution in [1.82, 2.24) is 9.97 Å². The van der Waals surface area contributed by atoms with Crippen LogP contribution in [-0.2, 0) is 6.42 Å². The van der Waals surface area contributed by atoms with Crippen LogP contribution in [0.3, 0.4) is 0 Å². The summed E-state index contributed by atoms with van der Waals surface area (Å²) in [6.07, 6.45) is 18.8. The first-order chi connectivity index (χ1) is 12.2. The van der Waals surface area contributed by atoms with Crippen molar-refractivity contribution in [3.05, 3.63) is 59.6 Å². The second-order valence-electron chi connectivity index (χ2n) is 6.61. The molecule has 1 aromatic heterocycles. The number of hydrogen-bond donors (Lipinski definition) is 1. The maximum absolute atomic E-state index is 4.58. The van der Waals surface area contributed by atoms with Crippen LogP contribution < -0.4 is 10.2 Å². The van der Waals surface area contributed by atoms with Gasteiger partial charge in [-0.3, -0.25) is 0 Å². The molecule has 0 fully saturated rings. The van der Waals surface area contributed by atoms with Crippen LogP contribution in [0.1, 0.15) is 45.6 Å². The summed E-state index contributed by atoms with van der Waals surface area (Å²) in [5.74, 6) is 2.00. The van der Waals surface area contributed by atoms with E-state index in [1.165, 1.54) is 16.7 Å². The summed E-state index contributed by atoms with van der Waals surface area (Å²) < 4.78 is 0. The third kappa shape index (κ3) is 3.84. The van der Waals surface area contributed by atoms with E-state index in [-0.39, 0.29) is 6.04 Å². The number of hydrogen-bond acceptors (Lipinski definition) is 4. The van der Waals surface area contributed by atoms with Crippen LogP contribution in [0.2, 0.25) is 0 Å². The Kier molecular flexibility index (Phi) is 5.69. The number of fused-ring (bicyclic) bond motifs is 1. The molecule has 0 saturated carbocycles. The van der Waals surface area contributed by atoms with Gasteiger partial charge in [0.1, 0.15) is 18.0 Å². The van der Waals surface area contributed by atoms with Gasteiger partial charge in [0.25, 0.3) is 0 Å². The van der Waals surface area contributed by atoms with Crippen LogP contribution in [-0.4, -0.2) is 22.6 Å². The Balaban J connectivity index is 1.92. The number of aromatic nitrogens is 2. The van der Waals surface area contributed by atoms with Crippen molar-refractivity contribution in [2.24, 2.45) is 0 Å². The second kappa shape index (κ2) is 8.15. The standard InChI is InChI=1S/C21H28N4/c1-4-10-19(17-12-8-6-7-11-16(17)3)24-20-18-13-9-14-25(5-2)21(18)23-15-22-20/h6-9,12,14-15,19H,4-5,10-11,13H2,1-3H3,(H,22,23,24). The van der Waals surface area contributed by atoms with Gasteiger partial charge in [0.05, 0.1) is 6.04 Å². The molecule has 2 aliphatic rings. The Bertz CT molecular complexity index is 727. The normalized spacial score (nSPS) is 17.5. The monoisotopic (exact) mass is 336 g/mol. The Hall–Kier alpha value is -2.36. The second-order valence-corrected chi connectivity index (χ2v) is 6.61. The van der Waals surface area contributed by atoms with E-state index >= 15 is 0 Å². The number of nitrogens with zero attached hydrogens (tertiary/aromatic N) is 3. The highest BCUT2D eigenvalue weighted by Gasteiger charge is 2.21. The van der Waals surface area contributed by atoms with Crippen molar-refractivity contribution in [3.8, 4) is 0 Å². The van der Waals surface area contributed by atoms with Crippen molar-refractivity contribution < 1.29 is 0 Å². The molecule has 4 nitrogen and oxygen atoms in total. The zero-order valence-corrected chi connectivity index (χ0v) is 15.5. The van der Waals surface area contributed by atoms with Gasteiger partial charge in [-0.05, 0) is 38.7 Å². The molecule has 1 atom stereocenters. The average molecular weight is 336 g/mol. The first-order valence-electron chi connectivity index (χ1n) is 9.31. The van der Waals surface area contributed by atoms with Crippen molar-refractivity contribution in [3.63, 3.8) is 0 Å². The highest BCUT2D eigenvalue weighted by molar-refractivity contribution is 5.63. The third-order valence-corrected chi connectivity index (χ3v) is 4.85. The molecule has 1 unspecified atom stereocenters. The Morgan fingerprint density at radius 2 is 2.04 bits per heavy atom. The fraction of sp³-hybridized carbons (Fsp3) is 0.429. The van der Waals surface area contributed by atoms with E-state index in [4.69, 9.17) is 0 Å². The van der Waals surface area contributed by atoms with Gasteiger partial charge in [0.15, 0.2) is 0 Å². The predicted molar refractivity (Wildman–Crippen MR) is 106 cm³/mol. The molecule has 2 heterocycles. The van der Waals surface area contributed by atoms with Crippen LogP contribution in [0, 0.1) is 0 Å². The molecule has 132 valence electrons. The molecule has 0 spiro atoms. The summed E-state index contributed by atoms with van der Waals surface area (Å²) in [6.45, 7) is 7.53. The van der Waals surface area contributed by atoms with Gasteiger partial charge in [-0.25, -0.2) is 9.97 Å². The smallest absolute Gasteiger partial charge is 0.141 e. The first kappa shape index (κ1) is 17.5. The SMILES string of the molecule is CCCC(Nc1ncnc2c1CC=CN2CC)C1=C(C)CC=CC=C1. The molecule has 0 aromatic carbocycles. The highest BCUT2D eigenvalue weighted by atomic mass is 15.2. The van der Waals surface area contributed by atoms with Gasteiger partial charge in [0, 0.05) is 18.3 Å². The molecular weight excluding hydrogens is 308 g/mol. The Morgan fingerprint density at radius 1 is 1.16 bits per heavy atom. The van der Waals surface area contributed by atoms with Gasteiger partial charge in [-0.2, -0.15) is 0 Å². The minimum absolute atomic E-state index is 0.279. The minimum Gasteiger partial charge on any atom is -0.363 e. The van der Waals surface area contributed by atoms with Crippen molar-refractivity contribution >= 4 is 11.6 Å². The van der Waals surface area contributed by atoms with Crippen molar-refractivity contribution in [2.45, 2.75) is 52.5 Å². The van der Waals surface area contributed by atoms with Gasteiger partial charge < -0.3 is 10.2 Å². The molecule has 0 amide bonds. The summed E-state index contributed by atoms with van der Waals surface area (Å²) in [6, 6.07) is 0.279. The number of nitrogens with one attached hydrogen (secondary N) is 1. The molecule has 1 aliphatic heterocycles. The van der Waals surface area contributed by atoms with E-state index in [2.05, 4.69) is 77.5 Å². The lowest BCUT2D eigenvalue weighted by Gasteiger charge is -2.28. The molecule has 0 radical (unpaired) electrons. The van der Waals surface area contributed by atoms with Gasteiger partial charge in [-0.1, -0.05) is 49.3 Å². The van der Waals surface area contributed by atoms with Crippen LogP contribution in [0.4, 0.5) is 11.6 Å². The van der Waals surface area contributed by atoms with Crippen LogP contribution >= 0.6 is 0 Å². The van der Waals surface area contributed by atoms with E-state index in [1.54, 1.807) is 6.33 Å². The van der Waals surface area contributed by atoms with Gasteiger partial charge >= 0.3 is 0 Å². The fourth-order valence-electron chi connectivity index (χ4n) is 3.50. The van der Waals surface area contributed by atoms with Gasteiger partial charge in [0.2, 0.25) is 0 Å². The number of anilines is 2. The molecule has 0 bridgehead atoms. The summed E-state index contributed by atoms with van der Waals surface area (Å²) in [5.41, 5.74) is 4.01. The summed E-state index contributed by atoms with van der Waals surface area (Å²) in [4.78, 5) is 11.3. The van der Waals surface area contributed by atoms with E-state index in [1.807, 2.05) is 0 Å². The zero-order chi connectivity index (χ0) is 17.6. The molecular formula is C21H28N4. The fourth-order valence-corrected chi connectivity index (χ4v) is 3.50. The maximum atomic E-state index is 4.58. The van der Waals surface area contributed by atoms with Crippen molar-refractivity contribution in [1.29, 1.82) is 0 Å². The minimum atomic E-state index is 0.279. The largest absolute Gasteiger partial charge is 0.363 e. The number of rotatable bonds is 6. The number of allylic oxidation sites excluding steroid dienone is 5. The average Bonchev–Trinajstić information content (AvgIpc) is 2.85. The van der Waals surface area contributed by atoms with E-state index < -0.39 is 0 Å². The molecule has 1 aromatic rings.